The summed E-state index contributed by atoms with van der Waals surface area (Å²) in [4.78, 5) is 25.9. The second-order valence-electron chi connectivity index (χ2n) is 8.59. The summed E-state index contributed by atoms with van der Waals surface area (Å²) in [6.07, 6.45) is 9.62. The number of fused-ring (bicyclic) bond motifs is 3. The zero-order valence-corrected chi connectivity index (χ0v) is 16.5. The number of amides is 1. The van der Waals surface area contributed by atoms with Crippen molar-refractivity contribution in [2.45, 2.75) is 64.7 Å². The van der Waals surface area contributed by atoms with Crippen LogP contribution in [0, 0.1) is 12.8 Å². The Morgan fingerprint density at radius 3 is 2.93 bits per heavy atom. The molecule has 2 atom stereocenters. The molecule has 0 N–H and O–H groups in total. The highest BCUT2D eigenvalue weighted by Crippen LogP contribution is 2.36. The predicted octanol–water partition coefficient (Wildman–Crippen LogP) is 2.40. The van der Waals surface area contributed by atoms with Gasteiger partial charge in [0.05, 0.1) is 29.8 Å². The number of rotatable bonds is 3. The molecule has 1 amide bonds. The van der Waals surface area contributed by atoms with Gasteiger partial charge in [-0.2, -0.15) is 5.10 Å². The van der Waals surface area contributed by atoms with Gasteiger partial charge in [-0.1, -0.05) is 6.42 Å². The van der Waals surface area contributed by atoms with Crippen LogP contribution in [0.1, 0.15) is 59.7 Å². The highest BCUT2D eigenvalue weighted by molar-refractivity contribution is 5.91. The summed E-state index contributed by atoms with van der Waals surface area (Å²) in [6.45, 7) is 6.23. The molecule has 2 aromatic heterocycles. The number of aryl methyl sites for hydroxylation is 2. The van der Waals surface area contributed by atoms with Crippen LogP contribution in [0.15, 0.2) is 18.5 Å². The summed E-state index contributed by atoms with van der Waals surface area (Å²) in [7, 11) is 0. The van der Waals surface area contributed by atoms with E-state index in [1.54, 1.807) is 12.4 Å². The number of aromatic nitrogens is 4. The standard InChI is InChI=1S/C21H28N6O/c1-15-10-23-20(11-22-15)21(28)25-6-3-7-27-19(14-25)9-17(24-27)13-26-12-16-4-2-5-18(26)8-16/h9-11,16,18H,2-8,12-14H2,1H3/t16-,18+/m1/s1. The van der Waals surface area contributed by atoms with Gasteiger partial charge in [0, 0.05) is 38.4 Å². The van der Waals surface area contributed by atoms with Crippen LogP contribution < -0.4 is 0 Å². The van der Waals surface area contributed by atoms with Crippen LogP contribution in [-0.2, 0) is 19.6 Å². The van der Waals surface area contributed by atoms with Gasteiger partial charge >= 0.3 is 0 Å². The Morgan fingerprint density at radius 2 is 2.11 bits per heavy atom. The Hall–Kier alpha value is -2.28. The van der Waals surface area contributed by atoms with E-state index in [2.05, 4.69) is 25.6 Å². The fraction of sp³-hybridized carbons (Fsp3) is 0.619. The van der Waals surface area contributed by atoms with Crippen LogP contribution >= 0.6 is 0 Å². The van der Waals surface area contributed by atoms with Gasteiger partial charge in [0.2, 0.25) is 0 Å². The number of carbonyl (C=O) groups excluding carboxylic acids is 1. The largest absolute Gasteiger partial charge is 0.331 e. The Bertz CT molecular complexity index is 860. The summed E-state index contributed by atoms with van der Waals surface area (Å²) in [5.41, 5.74) is 3.51. The second-order valence-corrected chi connectivity index (χ2v) is 8.59. The summed E-state index contributed by atoms with van der Waals surface area (Å²) >= 11 is 0. The maximum Gasteiger partial charge on any atom is 0.274 e. The molecule has 2 bridgehead atoms. The molecule has 3 aliphatic rings. The lowest BCUT2D eigenvalue weighted by Crippen LogP contribution is -2.31. The first-order valence-electron chi connectivity index (χ1n) is 10.5. The Labute approximate surface area is 165 Å². The van der Waals surface area contributed by atoms with Gasteiger partial charge in [-0.15, -0.1) is 0 Å². The molecule has 0 radical (unpaired) electrons. The van der Waals surface area contributed by atoms with Crippen LogP contribution in [0.2, 0.25) is 0 Å². The summed E-state index contributed by atoms with van der Waals surface area (Å²) in [5, 5.41) is 4.88. The van der Waals surface area contributed by atoms with E-state index >= 15 is 0 Å². The second kappa shape index (κ2) is 7.28. The van der Waals surface area contributed by atoms with Crippen molar-refractivity contribution in [3.05, 3.63) is 41.2 Å². The quantitative estimate of drug-likeness (QED) is 0.818. The van der Waals surface area contributed by atoms with E-state index in [-0.39, 0.29) is 5.91 Å². The van der Waals surface area contributed by atoms with Crippen LogP contribution in [0.4, 0.5) is 0 Å². The molecule has 148 valence electrons. The molecule has 28 heavy (non-hydrogen) atoms. The maximum absolute atomic E-state index is 12.9. The van der Waals surface area contributed by atoms with Crippen molar-refractivity contribution in [1.29, 1.82) is 0 Å². The number of hydrogen-bond donors (Lipinski definition) is 0. The monoisotopic (exact) mass is 380 g/mol. The molecule has 1 aliphatic carbocycles. The van der Waals surface area contributed by atoms with E-state index in [1.807, 2.05) is 11.8 Å². The van der Waals surface area contributed by atoms with Crippen molar-refractivity contribution in [2.24, 2.45) is 5.92 Å². The highest BCUT2D eigenvalue weighted by Gasteiger charge is 2.35. The summed E-state index contributed by atoms with van der Waals surface area (Å²) in [5.74, 6) is 0.847. The van der Waals surface area contributed by atoms with Gasteiger partial charge in [0.1, 0.15) is 5.69 Å². The lowest BCUT2D eigenvalue weighted by Gasteiger charge is -2.23. The average molecular weight is 380 g/mol. The SMILES string of the molecule is Cc1cnc(C(=O)N2CCCn3nc(CN4C[C@@H]5CCC[C@H]4C5)cc3C2)cn1. The molecule has 0 unspecified atom stereocenters. The summed E-state index contributed by atoms with van der Waals surface area (Å²) < 4.78 is 2.10. The Morgan fingerprint density at radius 1 is 1.18 bits per heavy atom. The first-order valence-corrected chi connectivity index (χ1v) is 10.5. The van der Waals surface area contributed by atoms with Gasteiger partial charge in [0.25, 0.3) is 5.91 Å². The molecule has 7 heteroatoms. The van der Waals surface area contributed by atoms with E-state index < -0.39 is 0 Å². The molecule has 4 heterocycles. The third-order valence-corrected chi connectivity index (χ3v) is 6.48. The van der Waals surface area contributed by atoms with E-state index in [9.17, 15) is 4.79 Å². The number of likely N-dealkylation sites (tertiary alicyclic amines) is 1. The zero-order valence-electron chi connectivity index (χ0n) is 16.5. The predicted molar refractivity (Wildman–Crippen MR) is 105 cm³/mol. The van der Waals surface area contributed by atoms with Crippen molar-refractivity contribution in [2.75, 3.05) is 13.1 Å². The minimum atomic E-state index is -0.0444. The lowest BCUT2D eigenvalue weighted by molar-refractivity contribution is 0.0739. The van der Waals surface area contributed by atoms with Gasteiger partial charge in [0.15, 0.2) is 0 Å². The van der Waals surface area contributed by atoms with E-state index in [1.165, 1.54) is 32.2 Å². The average Bonchev–Trinajstić information content (AvgIpc) is 3.12. The van der Waals surface area contributed by atoms with Crippen LogP contribution in [-0.4, -0.2) is 54.6 Å². The minimum Gasteiger partial charge on any atom is -0.331 e. The topological polar surface area (TPSA) is 67.2 Å². The van der Waals surface area contributed by atoms with Crippen molar-refractivity contribution in [3.63, 3.8) is 0 Å². The van der Waals surface area contributed by atoms with Gasteiger partial charge in [-0.3, -0.25) is 19.4 Å². The Kier molecular flexibility index (Phi) is 4.62. The molecular weight excluding hydrogens is 352 g/mol. The van der Waals surface area contributed by atoms with E-state index in [0.717, 1.165) is 55.1 Å². The van der Waals surface area contributed by atoms with E-state index in [0.29, 0.717) is 12.2 Å². The summed E-state index contributed by atoms with van der Waals surface area (Å²) in [6, 6.07) is 2.95. The molecule has 0 aromatic carbocycles. The molecule has 5 rings (SSSR count). The van der Waals surface area contributed by atoms with Crippen LogP contribution in [0.5, 0.6) is 0 Å². The molecule has 0 spiro atoms. The number of nitrogens with zero attached hydrogens (tertiary/aromatic N) is 6. The van der Waals surface area contributed by atoms with Crippen molar-refractivity contribution in [3.8, 4) is 0 Å². The Balaban J connectivity index is 1.30. The third-order valence-electron chi connectivity index (χ3n) is 6.48. The molecule has 7 nitrogen and oxygen atoms in total. The molecule has 1 saturated heterocycles. The number of carbonyl (C=O) groups is 1. The van der Waals surface area contributed by atoms with Gasteiger partial charge in [-0.05, 0) is 44.6 Å². The van der Waals surface area contributed by atoms with Gasteiger partial charge in [-0.25, -0.2) is 4.98 Å². The molecule has 2 aromatic rings. The maximum atomic E-state index is 12.9. The molecule has 2 aliphatic heterocycles. The fourth-order valence-electron chi connectivity index (χ4n) is 5.08. The van der Waals surface area contributed by atoms with Crippen molar-refractivity contribution >= 4 is 5.91 Å². The minimum absolute atomic E-state index is 0.0444. The normalized spacial score (nSPS) is 24.8. The van der Waals surface area contributed by atoms with E-state index in [4.69, 9.17) is 5.10 Å². The molecule has 2 fully saturated rings. The fourth-order valence-corrected chi connectivity index (χ4v) is 5.08. The first-order chi connectivity index (χ1) is 13.7. The van der Waals surface area contributed by atoms with Gasteiger partial charge < -0.3 is 4.90 Å². The highest BCUT2D eigenvalue weighted by atomic mass is 16.2. The van der Waals surface area contributed by atoms with Crippen molar-refractivity contribution < 1.29 is 4.79 Å². The third kappa shape index (κ3) is 3.43. The molecule has 1 saturated carbocycles. The first kappa shape index (κ1) is 17.8. The lowest BCUT2D eigenvalue weighted by atomic mass is 9.90. The van der Waals surface area contributed by atoms with Crippen molar-refractivity contribution in [1.82, 2.24) is 29.5 Å². The van der Waals surface area contributed by atoms with Crippen LogP contribution in [0.25, 0.3) is 0 Å². The zero-order chi connectivity index (χ0) is 19.1. The number of hydrogen-bond acceptors (Lipinski definition) is 5. The molecular formula is C21H28N6O. The smallest absolute Gasteiger partial charge is 0.274 e. The van der Waals surface area contributed by atoms with Crippen LogP contribution in [0.3, 0.4) is 0 Å².